The summed E-state index contributed by atoms with van der Waals surface area (Å²) in [6, 6.07) is 15.0. The standard InChI is InChI=1S/C27H30FN5O2/c1-20-18-25(30-27(29-20)33-12-3-2-4-13-33)31-14-16-32(17-15-31)26(34)21-6-5-7-24(19-21)35-23-10-8-22(28)9-11-23/h5-11,18-19H,2-4,12-17H2,1H3. The Morgan fingerprint density at radius 1 is 0.829 bits per heavy atom. The number of amides is 1. The SMILES string of the molecule is Cc1cc(N2CCN(C(=O)c3cccc(Oc4ccc(F)cc4)c3)CC2)nc(N2CCCCC2)n1. The summed E-state index contributed by atoms with van der Waals surface area (Å²) in [5, 5.41) is 0. The molecule has 2 aliphatic heterocycles. The number of benzene rings is 2. The molecule has 1 amide bonds. The lowest BCUT2D eigenvalue weighted by atomic mass is 10.1. The van der Waals surface area contributed by atoms with E-state index in [4.69, 9.17) is 9.72 Å². The lowest BCUT2D eigenvalue weighted by Gasteiger charge is -2.36. The van der Waals surface area contributed by atoms with E-state index in [0.717, 1.165) is 30.5 Å². The molecule has 3 heterocycles. The van der Waals surface area contributed by atoms with Crippen LogP contribution in [0.25, 0.3) is 0 Å². The second kappa shape index (κ2) is 10.3. The van der Waals surface area contributed by atoms with Gasteiger partial charge in [0.05, 0.1) is 0 Å². The molecule has 0 bridgehead atoms. The van der Waals surface area contributed by atoms with E-state index in [-0.39, 0.29) is 11.7 Å². The Kier molecular flexibility index (Phi) is 6.79. The van der Waals surface area contributed by atoms with Crippen LogP contribution in [0.1, 0.15) is 35.3 Å². The van der Waals surface area contributed by atoms with Gasteiger partial charge in [0.25, 0.3) is 5.91 Å². The first-order chi connectivity index (χ1) is 17.0. The third-order valence-electron chi connectivity index (χ3n) is 6.49. The fourth-order valence-electron chi connectivity index (χ4n) is 4.59. The van der Waals surface area contributed by atoms with Crippen LogP contribution < -0.4 is 14.5 Å². The summed E-state index contributed by atoms with van der Waals surface area (Å²) in [5.41, 5.74) is 1.54. The van der Waals surface area contributed by atoms with Crippen LogP contribution >= 0.6 is 0 Å². The minimum atomic E-state index is -0.319. The monoisotopic (exact) mass is 475 g/mol. The van der Waals surface area contributed by atoms with E-state index in [1.807, 2.05) is 17.9 Å². The number of nitrogens with zero attached hydrogens (tertiary/aromatic N) is 5. The van der Waals surface area contributed by atoms with Crippen molar-refractivity contribution in [2.24, 2.45) is 0 Å². The van der Waals surface area contributed by atoms with Crippen molar-refractivity contribution in [2.45, 2.75) is 26.2 Å². The fraction of sp³-hybridized carbons (Fsp3) is 0.370. The van der Waals surface area contributed by atoms with Crippen molar-refractivity contribution in [1.82, 2.24) is 14.9 Å². The van der Waals surface area contributed by atoms with E-state index in [1.54, 1.807) is 36.4 Å². The van der Waals surface area contributed by atoms with E-state index in [0.29, 0.717) is 43.2 Å². The predicted molar refractivity (Wildman–Crippen MR) is 134 cm³/mol. The molecule has 2 aliphatic rings. The van der Waals surface area contributed by atoms with Gasteiger partial charge in [-0.25, -0.2) is 9.37 Å². The Bertz CT molecular complexity index is 1170. The summed E-state index contributed by atoms with van der Waals surface area (Å²) in [7, 11) is 0. The van der Waals surface area contributed by atoms with Gasteiger partial charge in [-0.3, -0.25) is 4.79 Å². The molecule has 5 rings (SSSR count). The van der Waals surface area contributed by atoms with Gasteiger partial charge in [-0.05, 0) is 68.7 Å². The van der Waals surface area contributed by atoms with Crippen molar-refractivity contribution in [3.05, 3.63) is 71.7 Å². The molecule has 3 aromatic rings. The van der Waals surface area contributed by atoms with Crippen LogP contribution in [-0.4, -0.2) is 60.0 Å². The molecule has 182 valence electrons. The topological polar surface area (TPSA) is 61.8 Å². The van der Waals surface area contributed by atoms with Gasteiger partial charge in [0.15, 0.2) is 0 Å². The summed E-state index contributed by atoms with van der Waals surface area (Å²) in [5.74, 6) is 2.47. The molecule has 0 unspecified atom stereocenters. The van der Waals surface area contributed by atoms with Gasteiger partial charge < -0.3 is 19.4 Å². The molecule has 35 heavy (non-hydrogen) atoms. The summed E-state index contributed by atoms with van der Waals surface area (Å²) in [4.78, 5) is 29.1. The molecule has 7 nitrogen and oxygen atoms in total. The quantitative estimate of drug-likeness (QED) is 0.535. The van der Waals surface area contributed by atoms with Crippen LogP contribution in [0.4, 0.5) is 16.2 Å². The van der Waals surface area contributed by atoms with Crippen molar-refractivity contribution >= 4 is 17.7 Å². The maximum atomic E-state index is 13.2. The van der Waals surface area contributed by atoms with E-state index in [9.17, 15) is 9.18 Å². The van der Waals surface area contributed by atoms with Gasteiger partial charge in [-0.1, -0.05) is 6.07 Å². The lowest BCUT2D eigenvalue weighted by molar-refractivity contribution is 0.0746. The highest BCUT2D eigenvalue weighted by molar-refractivity contribution is 5.94. The van der Waals surface area contributed by atoms with Crippen molar-refractivity contribution < 1.29 is 13.9 Å². The minimum absolute atomic E-state index is 0.0259. The summed E-state index contributed by atoms with van der Waals surface area (Å²) < 4.78 is 18.9. The highest BCUT2D eigenvalue weighted by atomic mass is 19.1. The number of halogens is 1. The second-order valence-corrected chi connectivity index (χ2v) is 9.08. The second-order valence-electron chi connectivity index (χ2n) is 9.08. The smallest absolute Gasteiger partial charge is 0.254 e. The maximum Gasteiger partial charge on any atom is 0.254 e. The van der Waals surface area contributed by atoms with E-state index in [2.05, 4.69) is 14.8 Å². The van der Waals surface area contributed by atoms with Crippen molar-refractivity contribution in [2.75, 3.05) is 49.1 Å². The van der Waals surface area contributed by atoms with Gasteiger partial charge >= 0.3 is 0 Å². The molecule has 2 fully saturated rings. The molecule has 2 aromatic carbocycles. The zero-order valence-corrected chi connectivity index (χ0v) is 20.0. The zero-order valence-electron chi connectivity index (χ0n) is 20.0. The zero-order chi connectivity index (χ0) is 24.2. The van der Waals surface area contributed by atoms with Crippen LogP contribution in [0.2, 0.25) is 0 Å². The van der Waals surface area contributed by atoms with Crippen LogP contribution in [0.5, 0.6) is 11.5 Å². The molecule has 0 spiro atoms. The highest BCUT2D eigenvalue weighted by Gasteiger charge is 2.24. The summed E-state index contributed by atoms with van der Waals surface area (Å²) in [6.45, 7) is 6.69. The Morgan fingerprint density at radius 2 is 1.57 bits per heavy atom. The number of piperazine rings is 1. The Labute approximate surface area is 205 Å². The number of hydrogen-bond acceptors (Lipinski definition) is 6. The van der Waals surface area contributed by atoms with Crippen LogP contribution in [-0.2, 0) is 0 Å². The Hall–Kier alpha value is -3.68. The molecule has 0 radical (unpaired) electrons. The number of carbonyl (C=O) groups is 1. The number of aryl methyl sites for hydroxylation is 1. The normalized spacial score (nSPS) is 16.3. The average molecular weight is 476 g/mol. The Morgan fingerprint density at radius 3 is 2.31 bits per heavy atom. The van der Waals surface area contributed by atoms with E-state index < -0.39 is 0 Å². The van der Waals surface area contributed by atoms with Gasteiger partial charge in [-0.2, -0.15) is 4.98 Å². The third-order valence-corrected chi connectivity index (χ3v) is 6.49. The van der Waals surface area contributed by atoms with Crippen molar-refractivity contribution in [3.63, 3.8) is 0 Å². The molecule has 8 heteroatoms. The van der Waals surface area contributed by atoms with Crippen LogP contribution in [0, 0.1) is 12.7 Å². The molecule has 0 N–H and O–H groups in total. The first kappa shape index (κ1) is 23.1. The molecule has 0 atom stereocenters. The van der Waals surface area contributed by atoms with Gasteiger partial charge in [0.1, 0.15) is 23.1 Å². The van der Waals surface area contributed by atoms with Gasteiger partial charge in [-0.15, -0.1) is 0 Å². The molecule has 2 saturated heterocycles. The average Bonchev–Trinajstić information content (AvgIpc) is 2.90. The maximum absolute atomic E-state index is 13.2. The third kappa shape index (κ3) is 5.53. The highest BCUT2D eigenvalue weighted by Crippen LogP contribution is 2.25. The largest absolute Gasteiger partial charge is 0.457 e. The summed E-state index contributed by atoms with van der Waals surface area (Å²) >= 11 is 0. The van der Waals surface area contributed by atoms with E-state index in [1.165, 1.54) is 31.4 Å². The predicted octanol–water partition coefficient (Wildman–Crippen LogP) is 4.67. The molecular formula is C27H30FN5O2. The fourth-order valence-corrected chi connectivity index (χ4v) is 4.59. The van der Waals surface area contributed by atoms with Crippen LogP contribution in [0.15, 0.2) is 54.6 Å². The minimum Gasteiger partial charge on any atom is -0.457 e. The number of aromatic nitrogens is 2. The Balaban J connectivity index is 1.22. The number of carbonyl (C=O) groups excluding carboxylic acids is 1. The first-order valence-electron chi connectivity index (χ1n) is 12.2. The van der Waals surface area contributed by atoms with Crippen molar-refractivity contribution in [3.8, 4) is 11.5 Å². The van der Waals surface area contributed by atoms with E-state index >= 15 is 0 Å². The molecule has 0 aliphatic carbocycles. The molecular weight excluding hydrogens is 445 g/mol. The van der Waals surface area contributed by atoms with Crippen molar-refractivity contribution in [1.29, 1.82) is 0 Å². The number of anilines is 2. The number of rotatable bonds is 5. The number of hydrogen-bond donors (Lipinski definition) is 0. The number of piperidine rings is 1. The molecule has 1 aromatic heterocycles. The van der Waals surface area contributed by atoms with Crippen LogP contribution in [0.3, 0.4) is 0 Å². The lowest BCUT2D eigenvalue weighted by Crippen LogP contribution is -2.49. The van der Waals surface area contributed by atoms with Gasteiger partial charge in [0.2, 0.25) is 5.95 Å². The van der Waals surface area contributed by atoms with Gasteiger partial charge in [0, 0.05) is 56.6 Å². The molecule has 0 saturated carbocycles. The summed E-state index contributed by atoms with van der Waals surface area (Å²) in [6.07, 6.45) is 3.64. The first-order valence-corrected chi connectivity index (χ1v) is 12.2. The number of ether oxygens (including phenoxy) is 1.